The normalized spacial score (nSPS) is 27.2. The van der Waals surface area contributed by atoms with Gasteiger partial charge in [-0.05, 0) is 24.5 Å². The summed E-state index contributed by atoms with van der Waals surface area (Å²) >= 11 is 0. The molecule has 1 saturated heterocycles. The third-order valence-electron chi connectivity index (χ3n) is 2.71. The summed E-state index contributed by atoms with van der Waals surface area (Å²) in [5, 5.41) is 3.36. The van der Waals surface area contributed by atoms with Gasteiger partial charge in [-0.3, -0.25) is 0 Å². The number of hydrogen-bond donors (Lipinski definition) is 1. The molecular formula is C11H15N. The summed E-state index contributed by atoms with van der Waals surface area (Å²) < 4.78 is 0. The fourth-order valence-electron chi connectivity index (χ4n) is 1.45. The van der Waals surface area contributed by atoms with E-state index in [1.807, 2.05) is 0 Å². The zero-order valence-corrected chi connectivity index (χ0v) is 7.72. The van der Waals surface area contributed by atoms with Gasteiger partial charge in [0.05, 0.1) is 5.54 Å². The van der Waals surface area contributed by atoms with Crippen molar-refractivity contribution in [2.24, 2.45) is 0 Å². The maximum Gasteiger partial charge on any atom is 0.0533 e. The van der Waals surface area contributed by atoms with Crippen LogP contribution in [-0.4, -0.2) is 6.54 Å². The van der Waals surface area contributed by atoms with E-state index in [4.69, 9.17) is 0 Å². The molecule has 0 aliphatic carbocycles. The fourth-order valence-corrected chi connectivity index (χ4v) is 1.45. The van der Waals surface area contributed by atoms with Crippen LogP contribution in [0.2, 0.25) is 0 Å². The molecule has 0 amide bonds. The maximum absolute atomic E-state index is 3.36. The van der Waals surface area contributed by atoms with Crippen LogP contribution in [0.25, 0.3) is 0 Å². The molecule has 12 heavy (non-hydrogen) atoms. The van der Waals surface area contributed by atoms with Crippen molar-refractivity contribution in [3.8, 4) is 0 Å². The number of hydrogen-bond acceptors (Lipinski definition) is 1. The molecule has 1 heteroatoms. The van der Waals surface area contributed by atoms with Gasteiger partial charge in [-0.15, -0.1) is 0 Å². The van der Waals surface area contributed by atoms with Crippen molar-refractivity contribution < 1.29 is 0 Å². The topological polar surface area (TPSA) is 21.9 Å². The molecule has 2 rings (SSSR count). The molecule has 1 fully saturated rings. The third-order valence-corrected chi connectivity index (χ3v) is 2.71. The molecule has 1 aliphatic rings. The van der Waals surface area contributed by atoms with Crippen LogP contribution in [0.4, 0.5) is 0 Å². The van der Waals surface area contributed by atoms with Crippen molar-refractivity contribution in [3.05, 3.63) is 35.4 Å². The molecular weight excluding hydrogens is 146 g/mol. The summed E-state index contributed by atoms with van der Waals surface area (Å²) in [5.74, 6) is 0. The van der Waals surface area contributed by atoms with Crippen molar-refractivity contribution in [2.45, 2.75) is 25.8 Å². The predicted molar refractivity (Wildman–Crippen MR) is 51.2 cm³/mol. The van der Waals surface area contributed by atoms with Gasteiger partial charge in [0.1, 0.15) is 0 Å². The minimum absolute atomic E-state index is 0.284. The average Bonchev–Trinajstić information content (AvgIpc) is 2.85. The van der Waals surface area contributed by atoms with Crippen molar-refractivity contribution >= 4 is 0 Å². The Morgan fingerprint density at radius 2 is 1.92 bits per heavy atom. The molecule has 1 aromatic carbocycles. The van der Waals surface area contributed by atoms with Crippen molar-refractivity contribution in [2.75, 3.05) is 6.54 Å². The summed E-state index contributed by atoms with van der Waals surface area (Å²) in [5.41, 5.74) is 3.12. The van der Waals surface area contributed by atoms with Gasteiger partial charge >= 0.3 is 0 Å². The van der Waals surface area contributed by atoms with E-state index >= 15 is 0 Å². The highest BCUT2D eigenvalue weighted by Crippen LogP contribution is 2.29. The lowest BCUT2D eigenvalue weighted by Gasteiger charge is -2.07. The number of nitrogens with one attached hydrogen (secondary N) is 1. The van der Waals surface area contributed by atoms with Gasteiger partial charge in [-0.25, -0.2) is 0 Å². The minimum atomic E-state index is 0.284. The molecule has 0 aromatic heterocycles. The van der Waals surface area contributed by atoms with Gasteiger partial charge < -0.3 is 5.32 Å². The van der Waals surface area contributed by atoms with Crippen molar-refractivity contribution in [1.82, 2.24) is 5.32 Å². The summed E-state index contributed by atoms with van der Waals surface area (Å²) in [6.07, 6.45) is 1.13. The van der Waals surface area contributed by atoms with Gasteiger partial charge in [0.2, 0.25) is 0 Å². The Hall–Kier alpha value is -0.820. The number of aryl methyl sites for hydroxylation is 1. The van der Waals surface area contributed by atoms with Crippen LogP contribution < -0.4 is 5.32 Å². The molecule has 0 spiro atoms. The summed E-state index contributed by atoms with van der Waals surface area (Å²) in [6.45, 7) is 5.55. The minimum Gasteiger partial charge on any atom is -0.304 e. The lowest BCUT2D eigenvalue weighted by Crippen LogP contribution is -2.06. The lowest BCUT2D eigenvalue weighted by molar-refractivity contribution is 0.763. The molecule has 0 saturated carbocycles. The van der Waals surface area contributed by atoms with Crippen LogP contribution in [-0.2, 0) is 12.0 Å². The van der Waals surface area contributed by atoms with Crippen LogP contribution in [0.1, 0.15) is 25.0 Å². The first-order valence-corrected chi connectivity index (χ1v) is 4.59. The van der Waals surface area contributed by atoms with Crippen LogP contribution in [0.15, 0.2) is 24.3 Å². The molecule has 0 bridgehead atoms. The van der Waals surface area contributed by atoms with E-state index < -0.39 is 0 Å². The van der Waals surface area contributed by atoms with Gasteiger partial charge in [-0.2, -0.15) is 0 Å². The highest BCUT2D eigenvalue weighted by molar-refractivity contribution is 5.32. The third kappa shape index (κ3) is 1.25. The van der Waals surface area contributed by atoms with E-state index in [0.717, 1.165) is 13.0 Å². The van der Waals surface area contributed by atoms with E-state index in [9.17, 15) is 0 Å². The Kier molecular flexibility index (Phi) is 1.69. The zero-order chi connectivity index (χ0) is 8.60. The smallest absolute Gasteiger partial charge is 0.0533 e. The van der Waals surface area contributed by atoms with Crippen LogP contribution >= 0.6 is 0 Å². The molecule has 1 atom stereocenters. The average molecular weight is 161 g/mol. The van der Waals surface area contributed by atoms with Crippen LogP contribution in [0.3, 0.4) is 0 Å². The van der Waals surface area contributed by atoms with Crippen LogP contribution in [0, 0.1) is 0 Å². The Labute approximate surface area is 73.8 Å². The lowest BCUT2D eigenvalue weighted by atomic mass is 9.99. The van der Waals surface area contributed by atoms with Gasteiger partial charge in [0.15, 0.2) is 0 Å². The van der Waals surface area contributed by atoms with E-state index in [-0.39, 0.29) is 5.54 Å². The van der Waals surface area contributed by atoms with Crippen LogP contribution in [0.5, 0.6) is 0 Å². The predicted octanol–water partition coefficient (Wildman–Crippen LogP) is 2.07. The molecule has 0 radical (unpaired) electrons. The molecule has 1 aliphatic heterocycles. The second-order valence-corrected chi connectivity index (χ2v) is 3.74. The SMILES string of the molecule is CCc1ccc(C2(C)CN2)cc1. The largest absolute Gasteiger partial charge is 0.304 e. The van der Waals surface area contributed by atoms with E-state index in [2.05, 4.69) is 43.4 Å². The Balaban J connectivity index is 2.25. The van der Waals surface area contributed by atoms with E-state index in [1.165, 1.54) is 11.1 Å². The summed E-state index contributed by atoms with van der Waals surface area (Å²) in [4.78, 5) is 0. The zero-order valence-electron chi connectivity index (χ0n) is 7.72. The first kappa shape index (κ1) is 7.81. The number of rotatable bonds is 2. The number of benzene rings is 1. The summed E-state index contributed by atoms with van der Waals surface area (Å²) in [7, 11) is 0. The second kappa shape index (κ2) is 2.60. The molecule has 1 nitrogen and oxygen atoms in total. The molecule has 1 unspecified atom stereocenters. The van der Waals surface area contributed by atoms with Gasteiger partial charge in [-0.1, -0.05) is 31.2 Å². The monoisotopic (exact) mass is 161 g/mol. The first-order chi connectivity index (χ1) is 5.74. The highest BCUT2D eigenvalue weighted by Gasteiger charge is 2.37. The molecule has 1 aromatic rings. The highest BCUT2D eigenvalue weighted by atomic mass is 15.1. The van der Waals surface area contributed by atoms with Crippen molar-refractivity contribution in [1.29, 1.82) is 0 Å². The van der Waals surface area contributed by atoms with Gasteiger partial charge in [0, 0.05) is 6.54 Å². The maximum atomic E-state index is 3.36. The Morgan fingerprint density at radius 3 is 2.33 bits per heavy atom. The van der Waals surface area contributed by atoms with Gasteiger partial charge in [0.25, 0.3) is 0 Å². The van der Waals surface area contributed by atoms with Crippen molar-refractivity contribution in [3.63, 3.8) is 0 Å². The summed E-state index contributed by atoms with van der Waals surface area (Å²) in [6, 6.07) is 8.92. The first-order valence-electron chi connectivity index (χ1n) is 4.59. The quantitative estimate of drug-likeness (QED) is 0.659. The second-order valence-electron chi connectivity index (χ2n) is 3.74. The molecule has 64 valence electrons. The standard InChI is InChI=1S/C11H15N/c1-3-9-4-6-10(7-5-9)11(2)8-12-11/h4-7,12H,3,8H2,1-2H3. The van der Waals surface area contributed by atoms with E-state index in [1.54, 1.807) is 0 Å². The fraction of sp³-hybridized carbons (Fsp3) is 0.455. The Bertz CT molecular complexity index is 270. The Morgan fingerprint density at radius 1 is 1.33 bits per heavy atom. The van der Waals surface area contributed by atoms with E-state index in [0.29, 0.717) is 0 Å². The molecule has 1 N–H and O–H groups in total. The molecule has 1 heterocycles.